The van der Waals surface area contributed by atoms with Crippen molar-refractivity contribution in [3.8, 4) is 11.5 Å². The summed E-state index contributed by atoms with van der Waals surface area (Å²) in [6, 6.07) is 10.8. The Morgan fingerprint density at radius 1 is 1.25 bits per heavy atom. The van der Waals surface area contributed by atoms with Gasteiger partial charge in [-0.1, -0.05) is 29.8 Å². The van der Waals surface area contributed by atoms with E-state index in [2.05, 4.69) is 6.58 Å². The molecule has 0 aromatic heterocycles. The number of amides is 1. The van der Waals surface area contributed by atoms with Crippen LogP contribution in [0.5, 0.6) is 11.5 Å². The second kappa shape index (κ2) is 9.63. The van der Waals surface area contributed by atoms with Crippen LogP contribution in [-0.2, 0) is 19.1 Å². The maximum absolute atomic E-state index is 13.4. The number of esters is 1. The molecule has 4 rings (SSSR count). The van der Waals surface area contributed by atoms with Crippen LogP contribution in [0.1, 0.15) is 30.6 Å². The van der Waals surface area contributed by atoms with E-state index in [9.17, 15) is 9.59 Å². The molecule has 32 heavy (non-hydrogen) atoms. The summed E-state index contributed by atoms with van der Waals surface area (Å²) in [5.74, 6) is 0.281. The number of fused-ring (bicyclic) bond motifs is 2. The molecule has 2 heterocycles. The quantitative estimate of drug-likeness (QED) is 0.481. The monoisotopic (exact) mass is 457 g/mol. The molecular formula is C24H24ClNO6. The molecule has 168 valence electrons. The van der Waals surface area contributed by atoms with E-state index in [0.717, 1.165) is 0 Å². The van der Waals surface area contributed by atoms with E-state index in [1.54, 1.807) is 36.1 Å². The number of hydrogen-bond acceptors (Lipinski definition) is 6. The molecule has 8 heteroatoms. The van der Waals surface area contributed by atoms with Gasteiger partial charge in [0.2, 0.25) is 0 Å². The number of carbonyl (C=O) groups is 2. The summed E-state index contributed by atoms with van der Waals surface area (Å²) in [6.45, 7) is 6.79. The van der Waals surface area contributed by atoms with Gasteiger partial charge in [0.15, 0.2) is 11.5 Å². The molecule has 2 aliphatic heterocycles. The number of carbonyl (C=O) groups excluding carboxylic acids is 2. The Bertz CT molecular complexity index is 1040. The number of benzene rings is 2. The Labute approximate surface area is 191 Å². The highest BCUT2D eigenvalue weighted by molar-refractivity contribution is 6.30. The van der Waals surface area contributed by atoms with Crippen molar-refractivity contribution in [1.29, 1.82) is 0 Å². The zero-order chi connectivity index (χ0) is 22.7. The number of hydrogen-bond donors (Lipinski definition) is 0. The maximum Gasteiger partial charge on any atom is 0.308 e. The average Bonchev–Trinajstić information content (AvgIpc) is 2.89. The number of ether oxygens (including phenoxy) is 4. The molecule has 2 atom stereocenters. The van der Waals surface area contributed by atoms with E-state index in [1.165, 1.54) is 0 Å². The Hall–Kier alpha value is -3.03. The fraction of sp³-hybridized carbons (Fsp3) is 0.333. The van der Waals surface area contributed by atoms with Gasteiger partial charge in [-0.25, -0.2) is 0 Å². The summed E-state index contributed by atoms with van der Waals surface area (Å²) in [4.78, 5) is 27.3. The fourth-order valence-electron chi connectivity index (χ4n) is 3.94. The SMILES string of the molecule is C=CCN1C(=O)C(CC(=O)OCC)OC(c2cccc3c2OCCO3)c2cc(Cl)ccc21. The number of halogens is 1. The third-order valence-corrected chi connectivity index (χ3v) is 5.49. The Balaban J connectivity index is 1.86. The van der Waals surface area contributed by atoms with E-state index in [1.807, 2.05) is 18.2 Å². The van der Waals surface area contributed by atoms with Gasteiger partial charge in [-0.3, -0.25) is 9.59 Å². The summed E-state index contributed by atoms with van der Waals surface area (Å²) in [7, 11) is 0. The van der Waals surface area contributed by atoms with Gasteiger partial charge in [0.05, 0.1) is 18.7 Å². The molecule has 7 nitrogen and oxygen atoms in total. The zero-order valence-electron chi connectivity index (χ0n) is 17.7. The third kappa shape index (κ3) is 4.31. The highest BCUT2D eigenvalue weighted by atomic mass is 35.5. The van der Waals surface area contributed by atoms with E-state index >= 15 is 0 Å². The van der Waals surface area contributed by atoms with Crippen LogP contribution in [0.15, 0.2) is 49.1 Å². The first-order valence-electron chi connectivity index (χ1n) is 10.4. The van der Waals surface area contributed by atoms with Gasteiger partial charge in [-0.2, -0.15) is 0 Å². The van der Waals surface area contributed by atoms with Crippen molar-refractivity contribution in [2.45, 2.75) is 25.6 Å². The number of rotatable bonds is 6. The van der Waals surface area contributed by atoms with Gasteiger partial charge < -0.3 is 23.8 Å². The lowest BCUT2D eigenvalue weighted by Gasteiger charge is -2.26. The highest BCUT2D eigenvalue weighted by Gasteiger charge is 2.39. The summed E-state index contributed by atoms with van der Waals surface area (Å²) in [5, 5.41) is 0.495. The molecule has 0 saturated heterocycles. The zero-order valence-corrected chi connectivity index (χ0v) is 18.5. The van der Waals surface area contributed by atoms with E-state index in [-0.39, 0.29) is 25.5 Å². The number of anilines is 1. The predicted molar refractivity (Wildman–Crippen MR) is 119 cm³/mol. The molecule has 2 aromatic carbocycles. The van der Waals surface area contributed by atoms with Gasteiger partial charge >= 0.3 is 5.97 Å². The summed E-state index contributed by atoms with van der Waals surface area (Å²) in [6.07, 6.45) is -0.381. The van der Waals surface area contributed by atoms with Gasteiger partial charge in [0, 0.05) is 22.7 Å². The van der Waals surface area contributed by atoms with Crippen molar-refractivity contribution < 1.29 is 28.5 Å². The van der Waals surface area contributed by atoms with Crippen molar-refractivity contribution >= 4 is 29.2 Å². The second-order valence-electron chi connectivity index (χ2n) is 7.33. The van der Waals surface area contributed by atoms with Gasteiger partial charge in [-0.05, 0) is 31.2 Å². The smallest absolute Gasteiger partial charge is 0.308 e. The number of nitrogens with zero attached hydrogens (tertiary/aromatic N) is 1. The predicted octanol–water partition coefficient (Wildman–Crippen LogP) is 4.07. The minimum Gasteiger partial charge on any atom is -0.486 e. The second-order valence-corrected chi connectivity index (χ2v) is 7.76. The molecule has 0 N–H and O–H groups in total. The molecule has 2 unspecified atom stereocenters. The molecule has 0 bridgehead atoms. The molecule has 0 aliphatic carbocycles. The third-order valence-electron chi connectivity index (χ3n) is 5.25. The maximum atomic E-state index is 13.4. The van der Waals surface area contributed by atoms with Crippen LogP contribution in [0, 0.1) is 0 Å². The Morgan fingerprint density at radius 3 is 2.84 bits per heavy atom. The minimum atomic E-state index is -1.06. The molecule has 1 amide bonds. The lowest BCUT2D eigenvalue weighted by Crippen LogP contribution is -2.40. The van der Waals surface area contributed by atoms with Gasteiger partial charge in [0.25, 0.3) is 5.91 Å². The normalized spacial score (nSPS) is 19.7. The van der Waals surface area contributed by atoms with E-state index in [0.29, 0.717) is 46.5 Å². The largest absolute Gasteiger partial charge is 0.486 e. The molecule has 0 spiro atoms. The molecule has 0 fully saturated rings. The van der Waals surface area contributed by atoms with Crippen LogP contribution in [-0.4, -0.2) is 44.3 Å². The molecular weight excluding hydrogens is 434 g/mol. The van der Waals surface area contributed by atoms with Gasteiger partial charge in [-0.15, -0.1) is 6.58 Å². The standard InChI is InChI=1S/C24H24ClNO6/c1-3-10-26-18-9-8-15(25)13-17(18)22(32-20(24(26)28)14-21(27)29-4-2)16-6-5-7-19-23(16)31-12-11-30-19/h3,5-9,13,20,22H,1,4,10-12,14H2,2H3. The summed E-state index contributed by atoms with van der Waals surface area (Å²) < 4.78 is 23.0. The lowest BCUT2D eigenvalue weighted by atomic mass is 9.97. The Kier molecular flexibility index (Phi) is 6.67. The van der Waals surface area contributed by atoms with Crippen molar-refractivity contribution in [2.24, 2.45) is 0 Å². The van der Waals surface area contributed by atoms with Crippen LogP contribution in [0.2, 0.25) is 5.02 Å². The minimum absolute atomic E-state index is 0.215. The Morgan fingerprint density at radius 2 is 2.06 bits per heavy atom. The van der Waals surface area contributed by atoms with Gasteiger partial charge in [0.1, 0.15) is 25.4 Å². The summed E-state index contributed by atoms with van der Waals surface area (Å²) in [5.41, 5.74) is 2.00. The van der Waals surface area contributed by atoms with Crippen LogP contribution >= 0.6 is 11.6 Å². The fourth-order valence-corrected chi connectivity index (χ4v) is 4.12. The van der Waals surface area contributed by atoms with E-state index in [4.69, 9.17) is 30.5 Å². The van der Waals surface area contributed by atoms with Crippen molar-refractivity contribution in [2.75, 3.05) is 31.3 Å². The van der Waals surface area contributed by atoms with Crippen LogP contribution in [0.4, 0.5) is 5.69 Å². The molecule has 2 aliphatic rings. The molecule has 0 saturated carbocycles. The molecule has 2 aromatic rings. The van der Waals surface area contributed by atoms with Crippen LogP contribution in [0.25, 0.3) is 0 Å². The highest BCUT2D eigenvalue weighted by Crippen LogP contribution is 2.45. The first kappa shape index (κ1) is 22.2. The average molecular weight is 458 g/mol. The van der Waals surface area contributed by atoms with Crippen molar-refractivity contribution in [3.05, 3.63) is 65.2 Å². The van der Waals surface area contributed by atoms with Crippen LogP contribution < -0.4 is 14.4 Å². The van der Waals surface area contributed by atoms with Crippen LogP contribution in [0.3, 0.4) is 0 Å². The topological polar surface area (TPSA) is 74.3 Å². The number of para-hydroxylation sites is 1. The lowest BCUT2D eigenvalue weighted by molar-refractivity contribution is -0.151. The van der Waals surface area contributed by atoms with Crippen molar-refractivity contribution in [3.63, 3.8) is 0 Å². The first-order valence-corrected chi connectivity index (χ1v) is 10.8. The van der Waals surface area contributed by atoms with E-state index < -0.39 is 18.2 Å². The summed E-state index contributed by atoms with van der Waals surface area (Å²) >= 11 is 6.34. The molecule has 0 radical (unpaired) electrons. The van der Waals surface area contributed by atoms with Crippen molar-refractivity contribution in [1.82, 2.24) is 0 Å². The first-order chi connectivity index (χ1) is 15.5.